The van der Waals surface area contributed by atoms with E-state index >= 15 is 0 Å². The minimum absolute atomic E-state index is 0.0651. The highest BCUT2D eigenvalue weighted by atomic mass is 32.1. The fourth-order valence-corrected chi connectivity index (χ4v) is 4.39. The van der Waals surface area contributed by atoms with E-state index in [0.29, 0.717) is 0 Å². The Labute approximate surface area is 142 Å². The molecule has 0 bridgehead atoms. The molecule has 1 aromatic carbocycles. The molecule has 0 fully saturated rings. The first-order valence-electron chi connectivity index (χ1n) is 7.41. The minimum Gasteiger partial charge on any atom is -0.325 e. The van der Waals surface area contributed by atoms with Gasteiger partial charge in [-0.25, -0.2) is 9.97 Å². The summed E-state index contributed by atoms with van der Waals surface area (Å²) in [7, 11) is 0. The van der Waals surface area contributed by atoms with Gasteiger partial charge >= 0.3 is 0 Å². The van der Waals surface area contributed by atoms with Gasteiger partial charge in [0.2, 0.25) is 5.91 Å². The third-order valence-electron chi connectivity index (χ3n) is 3.99. The lowest BCUT2D eigenvalue weighted by molar-refractivity contribution is -0.116. The highest BCUT2D eigenvalue weighted by Gasteiger charge is 2.26. The topological polar surface area (TPSA) is 54.9 Å². The van der Waals surface area contributed by atoms with Crippen LogP contribution in [0.4, 0.5) is 5.69 Å². The molecule has 1 amide bonds. The number of benzene rings is 1. The number of nitrogens with one attached hydrogen (secondary N) is 1. The van der Waals surface area contributed by atoms with Gasteiger partial charge in [-0.2, -0.15) is 0 Å². The Balaban J connectivity index is 1.61. The van der Waals surface area contributed by atoms with Crippen molar-refractivity contribution in [1.82, 2.24) is 9.97 Å². The van der Waals surface area contributed by atoms with Crippen LogP contribution in [0.1, 0.15) is 34.1 Å². The Bertz CT molecular complexity index is 897. The summed E-state index contributed by atoms with van der Waals surface area (Å²) >= 11 is 3.33. The van der Waals surface area contributed by atoms with Crippen LogP contribution in [0.3, 0.4) is 0 Å². The highest BCUT2D eigenvalue weighted by Crippen LogP contribution is 2.35. The van der Waals surface area contributed by atoms with Crippen LogP contribution in [-0.2, 0) is 11.2 Å². The second-order valence-electron chi connectivity index (χ2n) is 5.70. The number of nitrogens with zero attached hydrogens (tertiary/aromatic N) is 2. The second-order valence-corrected chi connectivity index (χ2v) is 7.58. The lowest BCUT2D eigenvalue weighted by Crippen LogP contribution is -2.08. The zero-order valence-corrected chi connectivity index (χ0v) is 14.4. The van der Waals surface area contributed by atoms with Crippen LogP contribution in [0.2, 0.25) is 0 Å². The van der Waals surface area contributed by atoms with E-state index in [2.05, 4.69) is 27.1 Å². The number of hydrogen-bond donors (Lipinski definition) is 1. The van der Waals surface area contributed by atoms with Crippen molar-refractivity contribution >= 4 is 34.3 Å². The van der Waals surface area contributed by atoms with Crippen molar-refractivity contribution in [3.63, 3.8) is 0 Å². The molecule has 4 rings (SSSR count). The van der Waals surface area contributed by atoms with E-state index in [-0.39, 0.29) is 11.8 Å². The average molecular weight is 341 g/mol. The minimum atomic E-state index is -0.0960. The van der Waals surface area contributed by atoms with Gasteiger partial charge in [-0.3, -0.25) is 4.79 Å². The second kappa shape index (κ2) is 5.54. The maximum atomic E-state index is 11.8. The van der Waals surface area contributed by atoms with E-state index < -0.39 is 0 Å². The van der Waals surface area contributed by atoms with Gasteiger partial charge in [-0.15, -0.1) is 22.7 Å². The molecule has 6 heteroatoms. The molecular weight excluding hydrogens is 326 g/mol. The van der Waals surface area contributed by atoms with Crippen LogP contribution >= 0.6 is 22.7 Å². The van der Waals surface area contributed by atoms with Gasteiger partial charge in [-0.1, -0.05) is 6.07 Å². The molecule has 23 heavy (non-hydrogen) atoms. The van der Waals surface area contributed by atoms with Crippen molar-refractivity contribution in [2.45, 2.75) is 26.2 Å². The zero-order valence-electron chi connectivity index (χ0n) is 12.8. The summed E-state index contributed by atoms with van der Waals surface area (Å²) in [6.45, 7) is 3.94. The molecule has 0 saturated carbocycles. The SMILES string of the molecule is Cc1csc(Cc2nc(-c3ccc4c(c3)C(C)C(=O)N4)cs2)n1. The van der Waals surface area contributed by atoms with E-state index in [1.54, 1.807) is 22.7 Å². The van der Waals surface area contributed by atoms with Crippen LogP contribution in [0.5, 0.6) is 0 Å². The Hall–Kier alpha value is -2.05. The average Bonchev–Trinajstić information content (AvgIpc) is 3.22. The van der Waals surface area contributed by atoms with Crippen molar-refractivity contribution in [3.8, 4) is 11.3 Å². The van der Waals surface area contributed by atoms with Crippen LogP contribution in [0, 0.1) is 6.92 Å². The Morgan fingerprint density at radius 1 is 1.17 bits per heavy atom. The molecule has 4 nitrogen and oxygen atoms in total. The van der Waals surface area contributed by atoms with E-state index in [1.807, 2.05) is 26.0 Å². The quantitative estimate of drug-likeness (QED) is 0.776. The van der Waals surface area contributed by atoms with Gasteiger partial charge in [-0.05, 0) is 31.5 Å². The maximum Gasteiger partial charge on any atom is 0.231 e. The first kappa shape index (κ1) is 14.5. The molecule has 0 saturated heterocycles. The van der Waals surface area contributed by atoms with Gasteiger partial charge < -0.3 is 5.32 Å². The van der Waals surface area contributed by atoms with Gasteiger partial charge in [0.05, 0.1) is 23.0 Å². The van der Waals surface area contributed by atoms with E-state index in [4.69, 9.17) is 4.98 Å². The number of amides is 1. The predicted octanol–water partition coefficient (Wildman–Crippen LogP) is 4.22. The fourth-order valence-electron chi connectivity index (χ4n) is 2.71. The summed E-state index contributed by atoms with van der Waals surface area (Å²) < 4.78 is 0. The van der Waals surface area contributed by atoms with Gasteiger partial charge in [0, 0.05) is 27.7 Å². The normalized spacial score (nSPS) is 16.4. The summed E-state index contributed by atoms with van der Waals surface area (Å²) in [6.07, 6.45) is 0.782. The Morgan fingerprint density at radius 3 is 2.74 bits per heavy atom. The van der Waals surface area contributed by atoms with Crippen molar-refractivity contribution in [1.29, 1.82) is 0 Å². The van der Waals surface area contributed by atoms with Gasteiger partial charge in [0.1, 0.15) is 5.01 Å². The molecule has 1 unspecified atom stereocenters. The van der Waals surface area contributed by atoms with Crippen LogP contribution in [-0.4, -0.2) is 15.9 Å². The monoisotopic (exact) mass is 341 g/mol. The van der Waals surface area contributed by atoms with E-state index in [0.717, 1.165) is 44.6 Å². The van der Waals surface area contributed by atoms with Gasteiger partial charge in [0.15, 0.2) is 0 Å². The predicted molar refractivity (Wildman–Crippen MR) is 94.3 cm³/mol. The number of thiazole rings is 2. The molecule has 3 heterocycles. The van der Waals surface area contributed by atoms with Crippen molar-refractivity contribution in [2.75, 3.05) is 5.32 Å². The smallest absolute Gasteiger partial charge is 0.231 e. The molecule has 0 spiro atoms. The third-order valence-corrected chi connectivity index (χ3v) is 5.80. The molecular formula is C17H15N3OS2. The van der Waals surface area contributed by atoms with Crippen LogP contribution in [0.25, 0.3) is 11.3 Å². The summed E-state index contributed by atoms with van der Waals surface area (Å²) in [5.41, 5.74) is 5.06. The molecule has 0 aliphatic carbocycles. The van der Waals surface area contributed by atoms with Crippen LogP contribution in [0.15, 0.2) is 29.0 Å². The zero-order chi connectivity index (χ0) is 16.0. The summed E-state index contributed by atoms with van der Waals surface area (Å²) in [4.78, 5) is 21.0. The number of carbonyl (C=O) groups is 1. The number of fused-ring (bicyclic) bond motifs is 1. The number of rotatable bonds is 3. The Kier molecular flexibility index (Phi) is 3.50. The third kappa shape index (κ3) is 2.68. The molecule has 1 aliphatic heterocycles. The lowest BCUT2D eigenvalue weighted by Gasteiger charge is -2.03. The maximum absolute atomic E-state index is 11.8. The molecule has 2 aromatic heterocycles. The number of hydrogen-bond acceptors (Lipinski definition) is 5. The first-order valence-corrected chi connectivity index (χ1v) is 9.16. The molecule has 1 aliphatic rings. The number of anilines is 1. The fraction of sp³-hybridized carbons (Fsp3) is 0.235. The van der Waals surface area contributed by atoms with Gasteiger partial charge in [0.25, 0.3) is 0 Å². The van der Waals surface area contributed by atoms with Crippen molar-refractivity contribution < 1.29 is 4.79 Å². The van der Waals surface area contributed by atoms with Crippen LogP contribution < -0.4 is 5.32 Å². The lowest BCUT2D eigenvalue weighted by atomic mass is 10.00. The molecule has 116 valence electrons. The summed E-state index contributed by atoms with van der Waals surface area (Å²) in [6, 6.07) is 6.06. The Morgan fingerprint density at radius 2 is 1.96 bits per heavy atom. The molecule has 3 aromatic rings. The standard InChI is InChI=1S/C17H15N3OS2/c1-9-7-22-15(18-9)6-16-19-14(8-23-16)11-3-4-13-12(5-11)10(2)17(21)20-13/h3-5,7-8,10H,6H2,1-2H3,(H,20,21). The summed E-state index contributed by atoms with van der Waals surface area (Å²) in [5.74, 6) is -0.0309. The number of aryl methyl sites for hydroxylation is 1. The highest BCUT2D eigenvalue weighted by molar-refractivity contribution is 7.11. The number of aromatic nitrogens is 2. The number of carbonyl (C=O) groups excluding carboxylic acids is 1. The van der Waals surface area contributed by atoms with E-state index in [9.17, 15) is 4.79 Å². The van der Waals surface area contributed by atoms with E-state index in [1.165, 1.54) is 0 Å². The first-order chi connectivity index (χ1) is 11.1. The largest absolute Gasteiger partial charge is 0.325 e. The van der Waals surface area contributed by atoms with Crippen molar-refractivity contribution in [3.05, 3.63) is 50.2 Å². The molecule has 0 radical (unpaired) electrons. The molecule has 1 N–H and O–H groups in total. The molecule has 1 atom stereocenters. The van der Waals surface area contributed by atoms with Crippen molar-refractivity contribution in [2.24, 2.45) is 0 Å². The summed E-state index contributed by atoms with van der Waals surface area (Å²) in [5, 5.41) is 9.21.